The molecule has 4 nitrogen and oxygen atoms in total. The first kappa shape index (κ1) is 22.8. The van der Waals surface area contributed by atoms with E-state index in [9.17, 15) is 4.39 Å². The molecule has 1 aromatic rings. The average Bonchev–Trinajstić information content (AvgIpc) is 2.67. The van der Waals surface area contributed by atoms with Gasteiger partial charge in [0.1, 0.15) is 17.8 Å². The Morgan fingerprint density at radius 2 is 1.93 bits per heavy atom. The summed E-state index contributed by atoms with van der Waals surface area (Å²) in [5.74, 6) is 0.608. The number of nitriles is 1. The minimum absolute atomic E-state index is 0.190. The minimum Gasteiger partial charge on any atom is -0.315 e. The lowest BCUT2D eigenvalue weighted by Gasteiger charge is -2.34. The number of rotatable bonds is 4. The van der Waals surface area contributed by atoms with E-state index >= 15 is 0 Å². The van der Waals surface area contributed by atoms with Crippen LogP contribution in [0.4, 0.5) is 4.39 Å². The van der Waals surface area contributed by atoms with E-state index in [0.717, 1.165) is 12.8 Å². The second-order valence-electron chi connectivity index (χ2n) is 7.61. The number of hydrogen-bond donors (Lipinski definition) is 2. The number of unbranched alkanes of at least 4 members (excludes halogenated alkanes) is 1. The molecular weight excluding hydrogens is 339 g/mol. The summed E-state index contributed by atoms with van der Waals surface area (Å²) in [6, 6.07) is 7.13. The lowest BCUT2D eigenvalue weighted by atomic mass is 9.77. The number of nitrogens with one attached hydrogen (secondary N) is 2. The molecule has 0 amide bonds. The summed E-state index contributed by atoms with van der Waals surface area (Å²) in [7, 11) is 0. The van der Waals surface area contributed by atoms with Gasteiger partial charge in [0.15, 0.2) is 0 Å². The van der Waals surface area contributed by atoms with E-state index in [2.05, 4.69) is 19.9 Å². The van der Waals surface area contributed by atoms with Crippen LogP contribution in [-0.4, -0.2) is 29.3 Å². The van der Waals surface area contributed by atoms with Crippen LogP contribution in [0.5, 0.6) is 0 Å². The number of nitrogens with zero attached hydrogens (tertiary/aromatic N) is 2. The summed E-state index contributed by atoms with van der Waals surface area (Å²) in [5, 5.41) is 25.8. The Hall–Kier alpha value is -2.22. The van der Waals surface area contributed by atoms with Gasteiger partial charge in [-0.3, -0.25) is 10.8 Å². The first-order chi connectivity index (χ1) is 12.7. The molecule has 1 atom stereocenters. The van der Waals surface area contributed by atoms with Crippen molar-refractivity contribution in [1.29, 1.82) is 16.1 Å². The fourth-order valence-electron chi connectivity index (χ4n) is 2.81. The van der Waals surface area contributed by atoms with Crippen molar-refractivity contribution in [3.63, 3.8) is 0 Å². The van der Waals surface area contributed by atoms with Crippen molar-refractivity contribution in [2.75, 3.05) is 6.54 Å². The van der Waals surface area contributed by atoms with Gasteiger partial charge in [-0.25, -0.2) is 4.39 Å². The first-order valence-electron chi connectivity index (χ1n) is 9.83. The van der Waals surface area contributed by atoms with Crippen molar-refractivity contribution in [3.05, 3.63) is 34.9 Å². The molecule has 0 unspecified atom stereocenters. The molecule has 1 aliphatic heterocycles. The number of alkyl halides is 1. The number of amidine groups is 2. The zero-order chi connectivity index (χ0) is 20.6. The molecule has 148 valence electrons. The van der Waals surface area contributed by atoms with Gasteiger partial charge in [0.05, 0.1) is 11.6 Å². The highest BCUT2D eigenvalue weighted by molar-refractivity contribution is 6.08. The third kappa shape index (κ3) is 5.63. The molecule has 0 radical (unpaired) electrons. The number of halogens is 1. The number of piperidine rings is 1. The molecule has 0 saturated carbocycles. The molecule has 2 N–H and O–H groups in total. The van der Waals surface area contributed by atoms with E-state index < -0.39 is 11.6 Å². The van der Waals surface area contributed by atoms with Crippen LogP contribution in [0.3, 0.4) is 0 Å². The van der Waals surface area contributed by atoms with Crippen molar-refractivity contribution in [2.24, 2.45) is 0 Å². The molecule has 0 spiro atoms. The highest BCUT2D eigenvalue weighted by Gasteiger charge is 2.33. The Balaban J connectivity index is 0.000000828. The summed E-state index contributed by atoms with van der Waals surface area (Å²) in [4.78, 5) is 1.67. The maximum Gasteiger partial charge on any atom is 0.133 e. The van der Waals surface area contributed by atoms with Crippen molar-refractivity contribution in [3.8, 4) is 6.07 Å². The first-order valence-corrected chi connectivity index (χ1v) is 9.83. The highest BCUT2D eigenvalue weighted by atomic mass is 19.1. The van der Waals surface area contributed by atoms with E-state index in [4.69, 9.17) is 16.1 Å². The Labute approximate surface area is 163 Å². The lowest BCUT2D eigenvalue weighted by Crippen LogP contribution is -2.41. The zero-order valence-electron chi connectivity index (χ0n) is 17.3. The summed E-state index contributed by atoms with van der Waals surface area (Å²) in [5.41, 5.74) is 0.924. The second kappa shape index (κ2) is 10.2. The Kier molecular flexibility index (Phi) is 8.62. The maximum atomic E-state index is 14.1. The van der Waals surface area contributed by atoms with Crippen LogP contribution in [0.15, 0.2) is 18.2 Å². The molecule has 0 bridgehead atoms. The van der Waals surface area contributed by atoms with Gasteiger partial charge in [-0.15, -0.1) is 0 Å². The van der Waals surface area contributed by atoms with Gasteiger partial charge < -0.3 is 4.90 Å². The smallest absolute Gasteiger partial charge is 0.133 e. The minimum atomic E-state index is -1.09. The highest BCUT2D eigenvalue weighted by Crippen LogP contribution is 2.33. The van der Waals surface area contributed by atoms with Crippen LogP contribution in [0, 0.1) is 22.1 Å². The molecule has 0 aliphatic carbocycles. The maximum absolute atomic E-state index is 14.1. The molecule has 1 saturated heterocycles. The fraction of sp³-hybridized carbons (Fsp3) is 0.591. The normalized spacial score (nSPS) is 15.4. The number of likely N-dealkylation sites (tertiary alicyclic amines) is 1. The molecule has 1 heterocycles. The predicted octanol–water partition coefficient (Wildman–Crippen LogP) is 5.79. The largest absolute Gasteiger partial charge is 0.315 e. The third-order valence-electron chi connectivity index (χ3n) is 5.23. The molecule has 1 aliphatic rings. The van der Waals surface area contributed by atoms with Crippen molar-refractivity contribution in [2.45, 2.75) is 78.3 Å². The fourth-order valence-corrected chi connectivity index (χ4v) is 2.81. The van der Waals surface area contributed by atoms with E-state index in [1.807, 2.05) is 0 Å². The SMILES string of the molecule is CCCC.C[C@@H](F)C(C)(C)c1ccc(C#N)cc1C(=N)N1CCCCC1=N. The zero-order valence-corrected chi connectivity index (χ0v) is 17.3. The van der Waals surface area contributed by atoms with Crippen LogP contribution in [-0.2, 0) is 5.41 Å². The molecule has 5 heteroatoms. The Morgan fingerprint density at radius 3 is 2.41 bits per heavy atom. The van der Waals surface area contributed by atoms with Crippen LogP contribution in [0.25, 0.3) is 0 Å². The van der Waals surface area contributed by atoms with Gasteiger partial charge in [-0.1, -0.05) is 46.6 Å². The molecule has 27 heavy (non-hydrogen) atoms. The topological polar surface area (TPSA) is 74.7 Å². The van der Waals surface area contributed by atoms with Crippen LogP contribution >= 0.6 is 0 Å². The van der Waals surface area contributed by atoms with E-state index in [1.165, 1.54) is 19.8 Å². The standard InChI is InChI=1S/C18H23FN4.C4H10/c1-12(19)18(2,3)15-8-7-13(11-20)10-14(15)17(22)23-9-5-4-6-16(23)21;1-3-4-2/h7-8,10,12,21-22H,4-6,9H2,1-3H3;3-4H2,1-2H3/t12-;/m1./s1. The molecule has 1 aromatic carbocycles. The second-order valence-corrected chi connectivity index (χ2v) is 7.61. The summed E-state index contributed by atoms with van der Waals surface area (Å²) in [6.07, 6.45) is 4.09. The summed E-state index contributed by atoms with van der Waals surface area (Å²) < 4.78 is 14.1. The van der Waals surface area contributed by atoms with E-state index in [1.54, 1.807) is 36.9 Å². The van der Waals surface area contributed by atoms with Gasteiger partial charge >= 0.3 is 0 Å². The third-order valence-corrected chi connectivity index (χ3v) is 5.23. The van der Waals surface area contributed by atoms with Crippen LogP contribution in [0.2, 0.25) is 0 Å². The number of benzene rings is 1. The summed E-state index contributed by atoms with van der Waals surface area (Å²) >= 11 is 0. The predicted molar refractivity (Wildman–Crippen MR) is 110 cm³/mol. The van der Waals surface area contributed by atoms with Crippen molar-refractivity contribution in [1.82, 2.24) is 4.90 Å². The molecule has 0 aromatic heterocycles. The van der Waals surface area contributed by atoms with Crippen LogP contribution < -0.4 is 0 Å². The van der Waals surface area contributed by atoms with Gasteiger partial charge in [0, 0.05) is 23.9 Å². The Morgan fingerprint density at radius 1 is 1.30 bits per heavy atom. The van der Waals surface area contributed by atoms with Crippen molar-refractivity contribution < 1.29 is 4.39 Å². The molecule has 1 fully saturated rings. The monoisotopic (exact) mass is 372 g/mol. The van der Waals surface area contributed by atoms with E-state index in [-0.39, 0.29) is 5.84 Å². The van der Waals surface area contributed by atoms with Gasteiger partial charge in [-0.05, 0) is 37.5 Å². The van der Waals surface area contributed by atoms with Crippen LogP contribution in [0.1, 0.15) is 83.4 Å². The van der Waals surface area contributed by atoms with Gasteiger partial charge in [-0.2, -0.15) is 5.26 Å². The Bertz CT molecular complexity index is 699. The van der Waals surface area contributed by atoms with E-state index in [0.29, 0.717) is 35.5 Å². The quantitative estimate of drug-likeness (QED) is 0.518. The lowest BCUT2D eigenvalue weighted by molar-refractivity contribution is 0.236. The summed E-state index contributed by atoms with van der Waals surface area (Å²) in [6.45, 7) is 10.1. The number of hydrogen-bond acceptors (Lipinski definition) is 3. The van der Waals surface area contributed by atoms with Gasteiger partial charge in [0.2, 0.25) is 0 Å². The average molecular weight is 373 g/mol. The molecular formula is C22H33FN4. The van der Waals surface area contributed by atoms with Gasteiger partial charge in [0.25, 0.3) is 0 Å². The molecule has 2 rings (SSSR count). The van der Waals surface area contributed by atoms with Crippen molar-refractivity contribution >= 4 is 11.7 Å².